The van der Waals surface area contributed by atoms with Gasteiger partial charge in [0, 0.05) is 33.4 Å². The fourth-order valence-corrected chi connectivity index (χ4v) is 2.27. The van der Waals surface area contributed by atoms with Crippen molar-refractivity contribution in [2.75, 3.05) is 40.0 Å². The summed E-state index contributed by atoms with van der Waals surface area (Å²) >= 11 is 0. The van der Waals surface area contributed by atoms with E-state index in [1.165, 1.54) is 0 Å². The van der Waals surface area contributed by atoms with Crippen LogP contribution in [0.25, 0.3) is 0 Å². The maximum atomic E-state index is 9.08. The molecule has 1 aliphatic rings. The van der Waals surface area contributed by atoms with Gasteiger partial charge >= 0.3 is 0 Å². The SMILES string of the molecule is COCCC(C)(C)CN1CCC(CO)C1. The Labute approximate surface area is 93.4 Å². The van der Waals surface area contributed by atoms with Gasteiger partial charge in [0.05, 0.1) is 0 Å². The zero-order chi connectivity index (χ0) is 11.3. The van der Waals surface area contributed by atoms with Crippen molar-refractivity contribution in [3.05, 3.63) is 0 Å². The Hall–Kier alpha value is -0.120. The molecular weight excluding hydrogens is 190 g/mol. The van der Waals surface area contributed by atoms with Crippen LogP contribution in [0.5, 0.6) is 0 Å². The minimum absolute atomic E-state index is 0.320. The molecule has 0 saturated carbocycles. The van der Waals surface area contributed by atoms with E-state index < -0.39 is 0 Å². The molecule has 15 heavy (non-hydrogen) atoms. The first-order valence-corrected chi connectivity index (χ1v) is 5.89. The van der Waals surface area contributed by atoms with Crippen LogP contribution < -0.4 is 0 Å². The number of aliphatic hydroxyl groups excluding tert-OH is 1. The van der Waals surface area contributed by atoms with Crippen LogP contribution in [0.3, 0.4) is 0 Å². The molecule has 1 heterocycles. The van der Waals surface area contributed by atoms with Gasteiger partial charge in [0.2, 0.25) is 0 Å². The normalized spacial score (nSPS) is 23.6. The van der Waals surface area contributed by atoms with Crippen molar-refractivity contribution in [2.45, 2.75) is 26.7 Å². The van der Waals surface area contributed by atoms with E-state index in [-0.39, 0.29) is 0 Å². The van der Waals surface area contributed by atoms with Gasteiger partial charge < -0.3 is 14.7 Å². The summed E-state index contributed by atoms with van der Waals surface area (Å²) in [5.41, 5.74) is 0.320. The molecule has 0 bridgehead atoms. The maximum absolute atomic E-state index is 9.08. The summed E-state index contributed by atoms with van der Waals surface area (Å²) in [6.45, 7) is 9.08. The van der Waals surface area contributed by atoms with E-state index in [9.17, 15) is 0 Å². The number of aliphatic hydroxyl groups is 1. The predicted octanol–water partition coefficient (Wildman–Crippen LogP) is 1.36. The molecule has 0 aromatic heterocycles. The highest BCUT2D eigenvalue weighted by molar-refractivity contribution is 4.80. The average molecular weight is 215 g/mol. The Morgan fingerprint density at radius 1 is 1.47 bits per heavy atom. The summed E-state index contributed by atoms with van der Waals surface area (Å²) < 4.78 is 5.13. The van der Waals surface area contributed by atoms with E-state index in [1.807, 2.05) is 0 Å². The fourth-order valence-electron chi connectivity index (χ4n) is 2.27. The molecule has 3 nitrogen and oxygen atoms in total. The number of rotatable bonds is 6. The number of hydrogen-bond acceptors (Lipinski definition) is 3. The summed E-state index contributed by atoms with van der Waals surface area (Å²) in [6.07, 6.45) is 2.25. The third kappa shape index (κ3) is 4.49. The molecule has 1 atom stereocenters. The lowest BCUT2D eigenvalue weighted by Crippen LogP contribution is -2.33. The predicted molar refractivity (Wildman–Crippen MR) is 61.9 cm³/mol. The molecule has 0 amide bonds. The summed E-state index contributed by atoms with van der Waals surface area (Å²) in [6, 6.07) is 0. The molecule has 0 aliphatic carbocycles. The number of nitrogens with zero attached hydrogens (tertiary/aromatic N) is 1. The average Bonchev–Trinajstić information content (AvgIpc) is 2.62. The van der Waals surface area contributed by atoms with Crippen LogP contribution in [0.4, 0.5) is 0 Å². The van der Waals surface area contributed by atoms with E-state index in [0.717, 1.165) is 39.1 Å². The molecule has 90 valence electrons. The van der Waals surface area contributed by atoms with E-state index in [0.29, 0.717) is 17.9 Å². The molecule has 1 saturated heterocycles. The molecule has 0 radical (unpaired) electrons. The molecule has 3 heteroatoms. The number of likely N-dealkylation sites (tertiary alicyclic amines) is 1. The first-order valence-electron chi connectivity index (χ1n) is 5.89. The molecule has 0 aromatic carbocycles. The Balaban J connectivity index is 2.28. The number of hydrogen-bond donors (Lipinski definition) is 1. The van der Waals surface area contributed by atoms with Crippen molar-refractivity contribution < 1.29 is 9.84 Å². The van der Waals surface area contributed by atoms with Gasteiger partial charge in [-0.25, -0.2) is 0 Å². The highest BCUT2D eigenvalue weighted by Gasteiger charge is 2.27. The van der Waals surface area contributed by atoms with Gasteiger partial charge in [-0.15, -0.1) is 0 Å². The first kappa shape index (κ1) is 12.9. The minimum Gasteiger partial charge on any atom is -0.396 e. The fraction of sp³-hybridized carbons (Fsp3) is 1.00. The molecule has 0 aromatic rings. The van der Waals surface area contributed by atoms with Gasteiger partial charge in [-0.05, 0) is 30.7 Å². The van der Waals surface area contributed by atoms with Crippen molar-refractivity contribution in [1.29, 1.82) is 0 Å². The molecule has 1 rings (SSSR count). The lowest BCUT2D eigenvalue weighted by molar-refractivity contribution is 0.122. The summed E-state index contributed by atoms with van der Waals surface area (Å²) in [7, 11) is 1.76. The van der Waals surface area contributed by atoms with Crippen molar-refractivity contribution in [1.82, 2.24) is 4.90 Å². The van der Waals surface area contributed by atoms with E-state index in [1.54, 1.807) is 7.11 Å². The highest BCUT2D eigenvalue weighted by Crippen LogP contribution is 2.25. The second kappa shape index (κ2) is 5.83. The van der Waals surface area contributed by atoms with Crippen molar-refractivity contribution in [3.8, 4) is 0 Å². The van der Waals surface area contributed by atoms with Crippen LogP contribution in [0, 0.1) is 11.3 Å². The summed E-state index contributed by atoms with van der Waals surface area (Å²) in [5.74, 6) is 0.503. The minimum atomic E-state index is 0.320. The smallest absolute Gasteiger partial charge is 0.0471 e. The quantitative estimate of drug-likeness (QED) is 0.726. The van der Waals surface area contributed by atoms with Crippen LogP contribution in [-0.4, -0.2) is 50.0 Å². The van der Waals surface area contributed by atoms with Gasteiger partial charge in [-0.2, -0.15) is 0 Å². The first-order chi connectivity index (χ1) is 7.07. The summed E-state index contributed by atoms with van der Waals surface area (Å²) in [4.78, 5) is 2.47. The molecule has 1 unspecified atom stereocenters. The van der Waals surface area contributed by atoms with Crippen molar-refractivity contribution >= 4 is 0 Å². The Morgan fingerprint density at radius 2 is 2.20 bits per heavy atom. The third-order valence-corrected chi connectivity index (χ3v) is 3.26. The Bertz CT molecular complexity index is 182. The van der Waals surface area contributed by atoms with Crippen LogP contribution in [0.15, 0.2) is 0 Å². The van der Waals surface area contributed by atoms with Crippen LogP contribution in [-0.2, 0) is 4.74 Å². The Morgan fingerprint density at radius 3 is 2.73 bits per heavy atom. The monoisotopic (exact) mass is 215 g/mol. The lowest BCUT2D eigenvalue weighted by Gasteiger charge is -2.30. The molecule has 1 fully saturated rings. The zero-order valence-corrected chi connectivity index (χ0v) is 10.3. The topological polar surface area (TPSA) is 32.7 Å². The molecular formula is C12H25NO2. The zero-order valence-electron chi connectivity index (χ0n) is 10.3. The van der Waals surface area contributed by atoms with Crippen LogP contribution >= 0.6 is 0 Å². The lowest BCUT2D eigenvalue weighted by atomic mass is 9.89. The standard InChI is InChI=1S/C12H25NO2/c1-12(2,5-7-15-3)10-13-6-4-11(8-13)9-14/h11,14H,4-10H2,1-3H3. The maximum Gasteiger partial charge on any atom is 0.0471 e. The Kier molecular flexibility index (Phi) is 5.03. The largest absolute Gasteiger partial charge is 0.396 e. The molecule has 1 aliphatic heterocycles. The van der Waals surface area contributed by atoms with Crippen molar-refractivity contribution in [2.24, 2.45) is 11.3 Å². The molecule has 1 N–H and O–H groups in total. The van der Waals surface area contributed by atoms with Gasteiger partial charge in [0.25, 0.3) is 0 Å². The van der Waals surface area contributed by atoms with E-state index in [2.05, 4.69) is 18.7 Å². The second-order valence-corrected chi connectivity index (χ2v) is 5.48. The van der Waals surface area contributed by atoms with Gasteiger partial charge in [0.15, 0.2) is 0 Å². The number of ether oxygens (including phenoxy) is 1. The van der Waals surface area contributed by atoms with Crippen molar-refractivity contribution in [3.63, 3.8) is 0 Å². The third-order valence-electron chi connectivity index (χ3n) is 3.26. The molecule has 0 spiro atoms. The van der Waals surface area contributed by atoms with Gasteiger partial charge in [-0.3, -0.25) is 0 Å². The highest BCUT2D eigenvalue weighted by atomic mass is 16.5. The van der Waals surface area contributed by atoms with Gasteiger partial charge in [-0.1, -0.05) is 13.8 Å². The van der Waals surface area contributed by atoms with Crippen LogP contribution in [0.1, 0.15) is 26.7 Å². The summed E-state index contributed by atoms with van der Waals surface area (Å²) in [5, 5.41) is 9.08. The second-order valence-electron chi connectivity index (χ2n) is 5.48. The van der Waals surface area contributed by atoms with Crippen LogP contribution in [0.2, 0.25) is 0 Å². The van der Waals surface area contributed by atoms with E-state index in [4.69, 9.17) is 9.84 Å². The van der Waals surface area contributed by atoms with E-state index >= 15 is 0 Å². The number of methoxy groups -OCH3 is 1. The van der Waals surface area contributed by atoms with Gasteiger partial charge in [0.1, 0.15) is 0 Å².